The second-order valence-corrected chi connectivity index (χ2v) is 7.05. The Morgan fingerprint density at radius 1 is 1.35 bits per heavy atom. The highest BCUT2D eigenvalue weighted by Crippen LogP contribution is 2.27. The normalized spacial score (nSPS) is 15.6. The van der Waals surface area contributed by atoms with Gasteiger partial charge in [0.25, 0.3) is 0 Å². The number of ether oxygens (including phenoxy) is 1. The Kier molecular flexibility index (Phi) is 6.08. The average molecular weight is 359 g/mol. The molecule has 0 radical (unpaired) electrons. The molecule has 1 fully saturated rings. The molecular weight excluding hydrogens is 330 g/mol. The number of hydrogen-bond donors (Lipinski definition) is 1. The second-order valence-electron chi connectivity index (χ2n) is 7.05. The molecule has 0 aromatic carbocycles. The van der Waals surface area contributed by atoms with E-state index in [4.69, 9.17) is 4.74 Å². The lowest BCUT2D eigenvalue weighted by molar-refractivity contribution is -0.132. The van der Waals surface area contributed by atoms with Gasteiger partial charge in [0.1, 0.15) is 5.82 Å². The van der Waals surface area contributed by atoms with E-state index < -0.39 is 0 Å². The fraction of sp³-hybridized carbons (Fsp3) is 0.632. The predicted octanol–water partition coefficient (Wildman–Crippen LogP) is 2.21. The maximum atomic E-state index is 12.5. The van der Waals surface area contributed by atoms with Crippen molar-refractivity contribution >= 4 is 5.91 Å². The number of likely N-dealkylation sites (tertiary alicyclic amines) is 1. The summed E-state index contributed by atoms with van der Waals surface area (Å²) in [5.41, 5.74) is 3.25. The van der Waals surface area contributed by atoms with Crippen LogP contribution in [0.15, 0.2) is 12.4 Å². The molecule has 142 valence electrons. The summed E-state index contributed by atoms with van der Waals surface area (Å²) in [6, 6.07) is 0. The van der Waals surface area contributed by atoms with Gasteiger partial charge in [0.15, 0.2) is 0 Å². The third-order valence-corrected chi connectivity index (χ3v) is 5.43. The minimum absolute atomic E-state index is 0.228. The van der Waals surface area contributed by atoms with Crippen LogP contribution in [0.1, 0.15) is 48.0 Å². The molecule has 26 heavy (non-hydrogen) atoms. The van der Waals surface area contributed by atoms with Crippen molar-refractivity contribution in [1.82, 2.24) is 24.6 Å². The largest absolute Gasteiger partial charge is 0.383 e. The zero-order valence-corrected chi connectivity index (χ0v) is 16.0. The van der Waals surface area contributed by atoms with Crippen LogP contribution in [0.3, 0.4) is 0 Å². The van der Waals surface area contributed by atoms with Crippen LogP contribution in [0.25, 0.3) is 0 Å². The fourth-order valence-electron chi connectivity index (χ4n) is 3.61. The van der Waals surface area contributed by atoms with Gasteiger partial charge >= 0.3 is 0 Å². The number of rotatable bonds is 7. The van der Waals surface area contributed by atoms with Crippen LogP contribution in [-0.2, 0) is 22.5 Å². The quantitative estimate of drug-likeness (QED) is 0.822. The number of carbonyl (C=O) groups is 1. The smallest absolute Gasteiger partial charge is 0.222 e. The molecule has 1 N–H and O–H groups in total. The maximum Gasteiger partial charge on any atom is 0.222 e. The van der Waals surface area contributed by atoms with Crippen molar-refractivity contribution in [2.75, 3.05) is 26.8 Å². The van der Waals surface area contributed by atoms with Gasteiger partial charge in [-0.3, -0.25) is 9.89 Å². The number of H-pyrrole nitrogens is 1. The van der Waals surface area contributed by atoms with Crippen LogP contribution in [-0.4, -0.2) is 57.4 Å². The number of methoxy groups -OCH3 is 1. The number of aromatic amines is 1. The molecule has 0 unspecified atom stereocenters. The van der Waals surface area contributed by atoms with E-state index in [-0.39, 0.29) is 5.91 Å². The highest BCUT2D eigenvalue weighted by atomic mass is 16.5. The minimum Gasteiger partial charge on any atom is -0.383 e. The lowest BCUT2D eigenvalue weighted by atomic mass is 9.95. The first-order chi connectivity index (χ1) is 12.6. The van der Waals surface area contributed by atoms with Crippen molar-refractivity contribution in [3.05, 3.63) is 35.2 Å². The van der Waals surface area contributed by atoms with Crippen LogP contribution < -0.4 is 0 Å². The third-order valence-electron chi connectivity index (χ3n) is 5.43. The first kappa shape index (κ1) is 18.6. The predicted molar refractivity (Wildman–Crippen MR) is 99.0 cm³/mol. The van der Waals surface area contributed by atoms with Gasteiger partial charge in [-0.1, -0.05) is 0 Å². The van der Waals surface area contributed by atoms with Gasteiger partial charge in [-0.2, -0.15) is 5.10 Å². The summed E-state index contributed by atoms with van der Waals surface area (Å²) < 4.78 is 7.35. The molecular formula is C19H29N5O2. The van der Waals surface area contributed by atoms with Crippen molar-refractivity contribution in [3.8, 4) is 0 Å². The van der Waals surface area contributed by atoms with Crippen LogP contribution in [0.2, 0.25) is 0 Å². The second kappa shape index (κ2) is 8.49. The number of amides is 1. The van der Waals surface area contributed by atoms with Crippen LogP contribution >= 0.6 is 0 Å². The number of hydrogen-bond acceptors (Lipinski definition) is 4. The van der Waals surface area contributed by atoms with Gasteiger partial charge in [-0.25, -0.2) is 4.98 Å². The lowest BCUT2D eigenvalue weighted by Gasteiger charge is -2.32. The van der Waals surface area contributed by atoms with Crippen LogP contribution in [0.5, 0.6) is 0 Å². The van der Waals surface area contributed by atoms with E-state index in [0.29, 0.717) is 25.4 Å². The number of carbonyl (C=O) groups excluding carboxylic acids is 1. The molecule has 3 rings (SSSR count). The number of nitrogens with one attached hydrogen (secondary N) is 1. The Balaban J connectivity index is 1.49. The Labute approximate surface area is 154 Å². The number of nitrogens with zero attached hydrogens (tertiary/aromatic N) is 4. The van der Waals surface area contributed by atoms with Crippen molar-refractivity contribution in [1.29, 1.82) is 0 Å². The van der Waals surface area contributed by atoms with E-state index in [1.54, 1.807) is 7.11 Å². The van der Waals surface area contributed by atoms with Crippen molar-refractivity contribution in [2.24, 2.45) is 0 Å². The summed E-state index contributed by atoms with van der Waals surface area (Å²) >= 11 is 0. The van der Waals surface area contributed by atoms with E-state index in [0.717, 1.165) is 49.7 Å². The van der Waals surface area contributed by atoms with Gasteiger partial charge in [0.2, 0.25) is 5.91 Å². The van der Waals surface area contributed by atoms with Crippen LogP contribution in [0, 0.1) is 13.8 Å². The maximum absolute atomic E-state index is 12.5. The number of aryl methyl sites for hydroxylation is 2. The topological polar surface area (TPSA) is 76.0 Å². The molecule has 1 amide bonds. The van der Waals surface area contributed by atoms with Gasteiger partial charge < -0.3 is 14.2 Å². The molecule has 3 heterocycles. The molecule has 2 aromatic heterocycles. The standard InChI is InChI=1S/C19H29N5O2/c1-14-15(2)21-22-17(14)4-5-18(25)23-9-6-16(7-10-23)19-20-8-11-24(19)12-13-26-3/h8,11,16H,4-7,9-10,12-13H2,1-3H3,(H,21,22). The summed E-state index contributed by atoms with van der Waals surface area (Å²) in [6.45, 7) is 7.18. The van der Waals surface area contributed by atoms with E-state index in [1.807, 2.05) is 24.2 Å². The Morgan fingerprint density at radius 2 is 2.12 bits per heavy atom. The van der Waals surface area contributed by atoms with Crippen molar-refractivity contribution in [2.45, 2.75) is 52.0 Å². The molecule has 2 aromatic rings. The number of piperidine rings is 1. The monoisotopic (exact) mass is 359 g/mol. The van der Waals surface area contributed by atoms with E-state index in [2.05, 4.69) is 26.7 Å². The summed E-state index contributed by atoms with van der Waals surface area (Å²) in [4.78, 5) is 19.1. The molecule has 0 spiro atoms. The summed E-state index contributed by atoms with van der Waals surface area (Å²) in [5, 5.41) is 7.28. The molecule has 0 bridgehead atoms. The van der Waals surface area contributed by atoms with Gasteiger partial charge in [-0.15, -0.1) is 0 Å². The Bertz CT molecular complexity index is 728. The van der Waals surface area contributed by atoms with Gasteiger partial charge in [0, 0.05) is 63.6 Å². The fourth-order valence-corrected chi connectivity index (χ4v) is 3.61. The zero-order chi connectivity index (χ0) is 18.5. The minimum atomic E-state index is 0.228. The summed E-state index contributed by atoms with van der Waals surface area (Å²) in [5.74, 6) is 1.77. The Hall–Kier alpha value is -2.15. The molecule has 0 saturated carbocycles. The molecule has 1 aliphatic heterocycles. The highest BCUT2D eigenvalue weighted by molar-refractivity contribution is 5.76. The summed E-state index contributed by atoms with van der Waals surface area (Å²) in [7, 11) is 1.71. The molecule has 1 aliphatic rings. The SMILES string of the molecule is COCCn1ccnc1C1CCN(C(=O)CCc2n[nH]c(C)c2C)CC1. The molecule has 1 saturated heterocycles. The third kappa shape index (κ3) is 4.15. The van der Waals surface area contributed by atoms with E-state index in [1.165, 1.54) is 5.56 Å². The average Bonchev–Trinajstić information content (AvgIpc) is 3.25. The van der Waals surface area contributed by atoms with Gasteiger partial charge in [-0.05, 0) is 32.3 Å². The molecule has 0 aliphatic carbocycles. The van der Waals surface area contributed by atoms with E-state index in [9.17, 15) is 4.79 Å². The van der Waals surface area contributed by atoms with E-state index >= 15 is 0 Å². The summed E-state index contributed by atoms with van der Waals surface area (Å²) in [6.07, 6.45) is 7.04. The number of aromatic nitrogens is 4. The first-order valence-electron chi connectivity index (χ1n) is 9.38. The molecule has 7 nitrogen and oxygen atoms in total. The van der Waals surface area contributed by atoms with Crippen molar-refractivity contribution in [3.63, 3.8) is 0 Å². The van der Waals surface area contributed by atoms with Crippen molar-refractivity contribution < 1.29 is 9.53 Å². The number of imidazole rings is 1. The van der Waals surface area contributed by atoms with Crippen LogP contribution in [0.4, 0.5) is 0 Å². The zero-order valence-electron chi connectivity index (χ0n) is 16.0. The molecule has 7 heteroatoms. The highest BCUT2D eigenvalue weighted by Gasteiger charge is 2.26. The Morgan fingerprint density at radius 3 is 2.77 bits per heavy atom. The molecule has 0 atom stereocenters. The van der Waals surface area contributed by atoms with Gasteiger partial charge in [0.05, 0.1) is 12.3 Å². The lowest BCUT2D eigenvalue weighted by Crippen LogP contribution is -2.38. The first-order valence-corrected chi connectivity index (χ1v) is 9.38.